The summed E-state index contributed by atoms with van der Waals surface area (Å²) < 4.78 is 5.03. The maximum Gasteiger partial charge on any atom is 0.394 e. The number of carboxylic acids is 1. The van der Waals surface area contributed by atoms with Crippen molar-refractivity contribution in [1.82, 2.24) is 5.32 Å². The van der Waals surface area contributed by atoms with Gasteiger partial charge in [0.15, 0.2) is 0 Å². The molecule has 5 nitrogen and oxygen atoms in total. The fourth-order valence-corrected chi connectivity index (χ4v) is 0.581. The lowest BCUT2D eigenvalue weighted by molar-refractivity contribution is -0.150. The summed E-state index contributed by atoms with van der Waals surface area (Å²) in [5.74, 6) is -2.49. The van der Waals surface area contributed by atoms with E-state index in [1.807, 2.05) is 0 Å². The molecule has 0 aromatic rings. The van der Waals surface area contributed by atoms with Crippen LogP contribution in [0.1, 0.15) is 6.42 Å². The zero-order valence-electron chi connectivity index (χ0n) is 7.28. The van der Waals surface area contributed by atoms with Crippen LogP contribution in [0, 0.1) is 0 Å². The van der Waals surface area contributed by atoms with E-state index in [1.165, 1.54) is 0 Å². The molecule has 5 heteroatoms. The largest absolute Gasteiger partial charge is 0.474 e. The monoisotopic (exact) mass is 187 g/mol. The van der Waals surface area contributed by atoms with Crippen LogP contribution >= 0.6 is 0 Å². The quantitative estimate of drug-likeness (QED) is 0.342. The van der Waals surface area contributed by atoms with Gasteiger partial charge in [0.05, 0.1) is 13.2 Å². The van der Waals surface area contributed by atoms with Gasteiger partial charge in [-0.1, -0.05) is 6.08 Å². The zero-order chi connectivity index (χ0) is 10.1. The lowest BCUT2D eigenvalue weighted by atomic mass is 10.4. The lowest BCUT2D eigenvalue weighted by Gasteiger charge is -2.02. The summed E-state index contributed by atoms with van der Waals surface area (Å²) >= 11 is 0. The van der Waals surface area contributed by atoms with Crippen LogP contribution in [0.5, 0.6) is 0 Å². The van der Waals surface area contributed by atoms with Crippen LogP contribution in [0.15, 0.2) is 12.7 Å². The molecule has 0 aromatic heterocycles. The standard InChI is InChI=1S/C8H13NO4/c1-2-3-5-13-6-4-9-7(10)8(11)12/h2H,1,3-6H2,(H,9,10)(H,11,12). The summed E-state index contributed by atoms with van der Waals surface area (Å²) in [6, 6.07) is 0. The lowest BCUT2D eigenvalue weighted by Crippen LogP contribution is -2.33. The molecule has 0 fully saturated rings. The van der Waals surface area contributed by atoms with Crippen molar-refractivity contribution in [3.63, 3.8) is 0 Å². The third kappa shape index (κ3) is 7.02. The molecule has 0 saturated heterocycles. The molecule has 0 aromatic carbocycles. The van der Waals surface area contributed by atoms with Crippen molar-refractivity contribution < 1.29 is 19.4 Å². The van der Waals surface area contributed by atoms with Gasteiger partial charge in [-0.25, -0.2) is 4.79 Å². The van der Waals surface area contributed by atoms with Crippen molar-refractivity contribution in [2.24, 2.45) is 0 Å². The molecule has 0 aliphatic carbocycles. The highest BCUT2D eigenvalue weighted by atomic mass is 16.5. The molecule has 0 heterocycles. The molecule has 74 valence electrons. The van der Waals surface area contributed by atoms with Crippen LogP contribution in [0.4, 0.5) is 0 Å². The van der Waals surface area contributed by atoms with Crippen molar-refractivity contribution >= 4 is 11.9 Å². The number of ether oxygens (including phenoxy) is 1. The number of aliphatic carboxylic acids is 1. The molecule has 0 unspecified atom stereocenters. The van der Waals surface area contributed by atoms with E-state index in [4.69, 9.17) is 9.84 Å². The molecule has 0 atom stereocenters. The van der Waals surface area contributed by atoms with Crippen LogP contribution in [-0.2, 0) is 14.3 Å². The van der Waals surface area contributed by atoms with E-state index in [-0.39, 0.29) is 6.54 Å². The maximum absolute atomic E-state index is 10.4. The van der Waals surface area contributed by atoms with Crippen LogP contribution in [0.3, 0.4) is 0 Å². The SMILES string of the molecule is C=CCCOCCNC(=O)C(=O)O. The number of hydrogen-bond donors (Lipinski definition) is 2. The van der Waals surface area contributed by atoms with Crippen molar-refractivity contribution in [3.05, 3.63) is 12.7 Å². The predicted molar refractivity (Wildman–Crippen MR) is 46.3 cm³/mol. The second kappa shape index (κ2) is 7.30. The van der Waals surface area contributed by atoms with Crippen LogP contribution < -0.4 is 5.32 Å². The Kier molecular flexibility index (Phi) is 6.53. The van der Waals surface area contributed by atoms with Crippen molar-refractivity contribution in [3.8, 4) is 0 Å². The molecular weight excluding hydrogens is 174 g/mol. The summed E-state index contributed by atoms with van der Waals surface area (Å²) in [6.07, 6.45) is 2.46. The highest BCUT2D eigenvalue weighted by Crippen LogP contribution is 1.81. The average molecular weight is 187 g/mol. The minimum Gasteiger partial charge on any atom is -0.474 e. The van der Waals surface area contributed by atoms with Gasteiger partial charge in [-0.2, -0.15) is 0 Å². The Morgan fingerprint density at radius 3 is 2.69 bits per heavy atom. The minimum absolute atomic E-state index is 0.211. The molecule has 0 rings (SSSR count). The fraction of sp³-hybridized carbons (Fsp3) is 0.500. The second-order valence-electron chi connectivity index (χ2n) is 2.25. The minimum atomic E-state index is -1.48. The predicted octanol–water partition coefficient (Wildman–Crippen LogP) is -0.220. The molecule has 0 bridgehead atoms. The zero-order valence-corrected chi connectivity index (χ0v) is 7.28. The molecule has 1 amide bonds. The van der Waals surface area contributed by atoms with E-state index in [9.17, 15) is 9.59 Å². The molecular formula is C8H13NO4. The number of hydrogen-bond acceptors (Lipinski definition) is 3. The fourth-order valence-electron chi connectivity index (χ4n) is 0.581. The smallest absolute Gasteiger partial charge is 0.394 e. The molecule has 13 heavy (non-hydrogen) atoms. The van der Waals surface area contributed by atoms with Gasteiger partial charge in [0, 0.05) is 6.54 Å². The number of carbonyl (C=O) groups excluding carboxylic acids is 1. The van der Waals surface area contributed by atoms with Gasteiger partial charge in [0.2, 0.25) is 0 Å². The van der Waals surface area contributed by atoms with Crippen molar-refractivity contribution in [2.75, 3.05) is 19.8 Å². The van der Waals surface area contributed by atoms with E-state index < -0.39 is 11.9 Å². The molecule has 0 aliphatic rings. The van der Waals surface area contributed by atoms with Crippen LogP contribution in [-0.4, -0.2) is 36.7 Å². The van der Waals surface area contributed by atoms with E-state index >= 15 is 0 Å². The summed E-state index contributed by atoms with van der Waals surface area (Å²) in [5.41, 5.74) is 0. The van der Waals surface area contributed by atoms with Gasteiger partial charge >= 0.3 is 11.9 Å². The molecule has 0 radical (unpaired) electrons. The number of nitrogens with one attached hydrogen (secondary N) is 1. The molecule has 0 spiro atoms. The molecule has 0 saturated carbocycles. The van der Waals surface area contributed by atoms with Crippen LogP contribution in [0.2, 0.25) is 0 Å². The molecule has 0 aliphatic heterocycles. The number of amides is 1. The van der Waals surface area contributed by atoms with Gasteiger partial charge in [-0.3, -0.25) is 4.79 Å². The van der Waals surface area contributed by atoms with Gasteiger partial charge in [0.1, 0.15) is 0 Å². The van der Waals surface area contributed by atoms with E-state index in [0.29, 0.717) is 13.2 Å². The van der Waals surface area contributed by atoms with E-state index in [1.54, 1.807) is 6.08 Å². The Morgan fingerprint density at radius 2 is 2.15 bits per heavy atom. The highest BCUT2D eigenvalue weighted by molar-refractivity contribution is 6.31. The topological polar surface area (TPSA) is 75.6 Å². The van der Waals surface area contributed by atoms with Gasteiger partial charge < -0.3 is 15.2 Å². The van der Waals surface area contributed by atoms with Gasteiger partial charge in [-0.15, -0.1) is 6.58 Å². The Balaban J connectivity index is 3.21. The molecule has 2 N–H and O–H groups in total. The second-order valence-corrected chi connectivity index (χ2v) is 2.25. The Hall–Kier alpha value is -1.36. The van der Waals surface area contributed by atoms with Gasteiger partial charge in [-0.05, 0) is 6.42 Å². The first kappa shape index (κ1) is 11.6. The van der Waals surface area contributed by atoms with Crippen LogP contribution in [0.25, 0.3) is 0 Å². The summed E-state index contributed by atoms with van der Waals surface area (Å²) in [5, 5.41) is 10.3. The Labute approximate surface area is 76.4 Å². The van der Waals surface area contributed by atoms with Crippen molar-refractivity contribution in [1.29, 1.82) is 0 Å². The van der Waals surface area contributed by atoms with Gasteiger partial charge in [0.25, 0.3) is 0 Å². The highest BCUT2D eigenvalue weighted by Gasteiger charge is 2.08. The number of rotatable bonds is 6. The first-order valence-corrected chi connectivity index (χ1v) is 3.88. The van der Waals surface area contributed by atoms with E-state index in [2.05, 4.69) is 11.9 Å². The summed E-state index contributed by atoms with van der Waals surface area (Å²) in [7, 11) is 0. The summed E-state index contributed by atoms with van der Waals surface area (Å²) in [6.45, 7) is 4.56. The third-order valence-electron chi connectivity index (χ3n) is 1.19. The average Bonchev–Trinajstić information content (AvgIpc) is 2.10. The Morgan fingerprint density at radius 1 is 1.46 bits per heavy atom. The van der Waals surface area contributed by atoms with Crippen molar-refractivity contribution in [2.45, 2.75) is 6.42 Å². The first-order chi connectivity index (χ1) is 6.18. The first-order valence-electron chi connectivity index (χ1n) is 3.88. The third-order valence-corrected chi connectivity index (χ3v) is 1.19. The summed E-state index contributed by atoms with van der Waals surface area (Å²) in [4.78, 5) is 20.4. The number of carboxylic acid groups (broad SMARTS) is 1. The van der Waals surface area contributed by atoms with E-state index in [0.717, 1.165) is 6.42 Å². The maximum atomic E-state index is 10.4. The normalized spacial score (nSPS) is 9.23. The number of carbonyl (C=O) groups is 2. The Bertz CT molecular complexity index is 191.